The predicted octanol–water partition coefficient (Wildman–Crippen LogP) is 2.14. The van der Waals surface area contributed by atoms with Gasteiger partial charge in [-0.2, -0.15) is 5.26 Å². The third kappa shape index (κ3) is 2.42. The van der Waals surface area contributed by atoms with Crippen LogP contribution in [-0.2, 0) is 6.54 Å². The molecular formula is C16H11N7. The van der Waals surface area contributed by atoms with Crippen LogP contribution >= 0.6 is 0 Å². The first-order valence-corrected chi connectivity index (χ1v) is 7.02. The smallest absolute Gasteiger partial charge is 0.177 e. The lowest BCUT2D eigenvalue weighted by Crippen LogP contribution is -2.04. The number of aromatic amines is 1. The highest BCUT2D eigenvalue weighted by Gasteiger charge is 2.11. The lowest BCUT2D eigenvalue weighted by atomic mass is 10.3. The van der Waals surface area contributed by atoms with Gasteiger partial charge in [0.2, 0.25) is 0 Å². The molecule has 0 aliphatic heterocycles. The van der Waals surface area contributed by atoms with E-state index in [0.717, 1.165) is 11.3 Å². The molecule has 4 heterocycles. The van der Waals surface area contributed by atoms with Crippen LogP contribution < -0.4 is 0 Å². The van der Waals surface area contributed by atoms with Gasteiger partial charge in [-0.05, 0) is 24.3 Å². The molecule has 110 valence electrons. The fraction of sp³-hybridized carbons (Fsp3) is 0.0625. The fourth-order valence-corrected chi connectivity index (χ4v) is 2.42. The standard InChI is InChI=1S/C16H11N7/c17-9-11-3-1-4-13(20-11)16-19-7-8-23(16)10-14-21-12-5-2-6-18-15(12)22-14/h1-8H,10H2,(H,18,21,22). The van der Waals surface area contributed by atoms with E-state index in [-0.39, 0.29) is 0 Å². The van der Waals surface area contributed by atoms with Crippen LogP contribution in [0, 0.1) is 11.3 Å². The van der Waals surface area contributed by atoms with Crippen molar-refractivity contribution >= 4 is 11.2 Å². The number of pyridine rings is 2. The molecule has 4 aromatic heterocycles. The van der Waals surface area contributed by atoms with E-state index in [1.807, 2.05) is 35.0 Å². The van der Waals surface area contributed by atoms with Crippen molar-refractivity contribution in [2.24, 2.45) is 0 Å². The first-order chi connectivity index (χ1) is 11.3. The van der Waals surface area contributed by atoms with Gasteiger partial charge >= 0.3 is 0 Å². The second kappa shape index (κ2) is 5.35. The largest absolute Gasteiger partial charge is 0.339 e. The van der Waals surface area contributed by atoms with Crippen molar-refractivity contribution in [1.29, 1.82) is 5.26 Å². The minimum absolute atomic E-state index is 0.366. The normalized spacial score (nSPS) is 10.7. The van der Waals surface area contributed by atoms with Gasteiger partial charge in [0.25, 0.3) is 0 Å². The minimum atomic E-state index is 0.366. The Kier molecular flexibility index (Phi) is 3.06. The molecule has 0 bridgehead atoms. The molecule has 0 aliphatic rings. The molecule has 0 unspecified atom stereocenters. The summed E-state index contributed by atoms with van der Waals surface area (Å²) >= 11 is 0. The molecule has 7 nitrogen and oxygen atoms in total. The number of hydrogen-bond donors (Lipinski definition) is 1. The number of nitriles is 1. The van der Waals surface area contributed by atoms with E-state index in [2.05, 4.69) is 24.9 Å². The summed E-state index contributed by atoms with van der Waals surface area (Å²) in [6.45, 7) is 0.518. The highest BCUT2D eigenvalue weighted by atomic mass is 15.1. The van der Waals surface area contributed by atoms with Crippen LogP contribution in [0.1, 0.15) is 11.5 Å². The number of nitrogens with zero attached hydrogens (tertiary/aromatic N) is 6. The molecule has 0 atom stereocenters. The lowest BCUT2D eigenvalue weighted by molar-refractivity contribution is 0.763. The van der Waals surface area contributed by atoms with Crippen molar-refractivity contribution in [1.82, 2.24) is 29.5 Å². The van der Waals surface area contributed by atoms with Gasteiger partial charge in [0.05, 0.1) is 12.1 Å². The van der Waals surface area contributed by atoms with Crippen molar-refractivity contribution in [3.8, 4) is 17.6 Å². The van der Waals surface area contributed by atoms with Crippen LogP contribution in [0.5, 0.6) is 0 Å². The molecule has 4 aromatic rings. The van der Waals surface area contributed by atoms with Gasteiger partial charge in [-0.1, -0.05) is 6.07 Å². The molecule has 0 aromatic carbocycles. The second-order valence-corrected chi connectivity index (χ2v) is 4.96. The van der Waals surface area contributed by atoms with E-state index in [0.29, 0.717) is 29.4 Å². The zero-order valence-electron chi connectivity index (χ0n) is 12.0. The molecule has 4 rings (SSSR count). The molecule has 0 aliphatic carbocycles. The van der Waals surface area contributed by atoms with E-state index < -0.39 is 0 Å². The Hall–Kier alpha value is -3.53. The zero-order valence-corrected chi connectivity index (χ0v) is 12.0. The first-order valence-electron chi connectivity index (χ1n) is 7.02. The van der Waals surface area contributed by atoms with E-state index in [4.69, 9.17) is 5.26 Å². The molecule has 23 heavy (non-hydrogen) atoms. The van der Waals surface area contributed by atoms with Gasteiger partial charge in [-0.3, -0.25) is 0 Å². The Balaban J connectivity index is 1.70. The summed E-state index contributed by atoms with van der Waals surface area (Å²) in [5, 5.41) is 8.98. The van der Waals surface area contributed by atoms with Crippen LogP contribution in [-0.4, -0.2) is 29.5 Å². The molecule has 7 heteroatoms. The Morgan fingerprint density at radius 1 is 1.09 bits per heavy atom. The Bertz CT molecular complexity index is 989. The van der Waals surface area contributed by atoms with Crippen molar-refractivity contribution in [3.05, 3.63) is 60.4 Å². The summed E-state index contributed by atoms with van der Waals surface area (Å²) < 4.78 is 1.93. The molecular weight excluding hydrogens is 290 g/mol. The van der Waals surface area contributed by atoms with E-state index >= 15 is 0 Å². The van der Waals surface area contributed by atoms with Gasteiger partial charge in [-0.25, -0.2) is 19.9 Å². The van der Waals surface area contributed by atoms with Gasteiger partial charge in [0, 0.05) is 18.6 Å². The topological polar surface area (TPSA) is 96.1 Å². The number of rotatable bonds is 3. The molecule has 0 saturated carbocycles. The SMILES string of the molecule is N#Cc1cccc(-c2nccn2Cc2nc3ncccc3[nH]2)n1. The predicted molar refractivity (Wildman–Crippen MR) is 83.2 cm³/mol. The van der Waals surface area contributed by atoms with Crippen molar-refractivity contribution in [2.45, 2.75) is 6.54 Å². The summed E-state index contributed by atoms with van der Waals surface area (Å²) in [7, 11) is 0. The average Bonchev–Trinajstić information content (AvgIpc) is 3.21. The summed E-state index contributed by atoms with van der Waals surface area (Å²) in [6.07, 6.45) is 5.28. The maximum absolute atomic E-state index is 8.98. The average molecular weight is 301 g/mol. The quantitative estimate of drug-likeness (QED) is 0.625. The number of hydrogen-bond acceptors (Lipinski definition) is 5. The molecule has 0 amide bonds. The van der Waals surface area contributed by atoms with Gasteiger partial charge in [0.1, 0.15) is 23.3 Å². The highest BCUT2D eigenvalue weighted by Crippen LogP contribution is 2.17. The number of imidazole rings is 2. The van der Waals surface area contributed by atoms with Crippen LogP contribution in [0.15, 0.2) is 48.9 Å². The number of aromatic nitrogens is 6. The van der Waals surface area contributed by atoms with E-state index in [1.54, 1.807) is 24.5 Å². The molecule has 0 radical (unpaired) electrons. The molecule has 0 saturated heterocycles. The van der Waals surface area contributed by atoms with E-state index in [9.17, 15) is 0 Å². The van der Waals surface area contributed by atoms with Crippen molar-refractivity contribution in [3.63, 3.8) is 0 Å². The van der Waals surface area contributed by atoms with Gasteiger partial charge in [-0.15, -0.1) is 0 Å². The Labute approximate surface area is 131 Å². The summed E-state index contributed by atoms with van der Waals surface area (Å²) in [5.41, 5.74) is 2.61. The number of fused-ring (bicyclic) bond motifs is 1. The van der Waals surface area contributed by atoms with Crippen molar-refractivity contribution in [2.75, 3.05) is 0 Å². The van der Waals surface area contributed by atoms with Crippen LogP contribution in [0.4, 0.5) is 0 Å². The van der Waals surface area contributed by atoms with Crippen molar-refractivity contribution < 1.29 is 0 Å². The van der Waals surface area contributed by atoms with Gasteiger partial charge < -0.3 is 9.55 Å². The summed E-state index contributed by atoms with van der Waals surface area (Å²) in [4.78, 5) is 20.6. The first kappa shape index (κ1) is 13.2. The van der Waals surface area contributed by atoms with E-state index in [1.165, 1.54) is 0 Å². The van der Waals surface area contributed by atoms with Crippen LogP contribution in [0.3, 0.4) is 0 Å². The lowest BCUT2D eigenvalue weighted by Gasteiger charge is -2.05. The highest BCUT2D eigenvalue weighted by molar-refractivity contribution is 5.69. The number of H-pyrrole nitrogens is 1. The zero-order chi connectivity index (χ0) is 15.6. The minimum Gasteiger partial charge on any atom is -0.339 e. The maximum Gasteiger partial charge on any atom is 0.177 e. The summed E-state index contributed by atoms with van der Waals surface area (Å²) in [5.74, 6) is 1.48. The third-order valence-corrected chi connectivity index (χ3v) is 3.43. The Morgan fingerprint density at radius 3 is 2.91 bits per heavy atom. The number of nitrogens with one attached hydrogen (secondary N) is 1. The Morgan fingerprint density at radius 2 is 2.04 bits per heavy atom. The maximum atomic E-state index is 8.98. The molecule has 0 fully saturated rings. The van der Waals surface area contributed by atoms with Crippen LogP contribution in [0.25, 0.3) is 22.7 Å². The van der Waals surface area contributed by atoms with Crippen LogP contribution in [0.2, 0.25) is 0 Å². The molecule has 1 N–H and O–H groups in total. The summed E-state index contributed by atoms with van der Waals surface area (Å²) in [6, 6.07) is 11.1. The fourth-order valence-electron chi connectivity index (χ4n) is 2.42. The second-order valence-electron chi connectivity index (χ2n) is 4.96. The van der Waals surface area contributed by atoms with Gasteiger partial charge in [0.15, 0.2) is 11.5 Å². The monoisotopic (exact) mass is 301 g/mol. The third-order valence-electron chi connectivity index (χ3n) is 3.43. The molecule has 0 spiro atoms.